The molecule has 0 amide bonds. The second kappa shape index (κ2) is 10.3. The first-order valence-corrected chi connectivity index (χ1v) is 10.8. The summed E-state index contributed by atoms with van der Waals surface area (Å²) in [4.78, 5) is 17.4. The SMILES string of the molecule is CCc1cc(-c2nc(N/N=C/c3ccc(Nc4cccc(C(F)(F)F)c4)cn3)ncc2C)ccn1. The summed E-state index contributed by atoms with van der Waals surface area (Å²) in [5.41, 5.74) is 7.14. The summed E-state index contributed by atoms with van der Waals surface area (Å²) in [5, 5.41) is 7.06. The number of nitrogens with zero attached hydrogens (tertiary/aromatic N) is 5. The molecule has 0 aliphatic carbocycles. The average Bonchev–Trinajstić information content (AvgIpc) is 2.86. The average molecular weight is 477 g/mol. The fourth-order valence-electron chi connectivity index (χ4n) is 3.26. The molecule has 0 spiro atoms. The Labute approximate surface area is 200 Å². The third kappa shape index (κ3) is 6.17. The third-order valence-electron chi connectivity index (χ3n) is 5.05. The molecule has 0 radical (unpaired) electrons. The van der Waals surface area contributed by atoms with Crippen LogP contribution < -0.4 is 10.7 Å². The molecule has 0 unspecified atom stereocenters. The van der Waals surface area contributed by atoms with Crippen molar-refractivity contribution in [2.45, 2.75) is 26.4 Å². The predicted octanol–water partition coefficient (Wildman–Crippen LogP) is 6.01. The van der Waals surface area contributed by atoms with Crippen LogP contribution in [-0.2, 0) is 12.6 Å². The zero-order valence-corrected chi connectivity index (χ0v) is 19.0. The summed E-state index contributed by atoms with van der Waals surface area (Å²) >= 11 is 0. The van der Waals surface area contributed by atoms with Gasteiger partial charge in [-0.25, -0.2) is 15.4 Å². The number of aryl methyl sites for hydroxylation is 2. The first-order chi connectivity index (χ1) is 16.8. The number of hydrazone groups is 1. The molecule has 0 saturated heterocycles. The fourth-order valence-corrected chi connectivity index (χ4v) is 3.26. The molecular weight excluding hydrogens is 455 g/mol. The van der Waals surface area contributed by atoms with Crippen LogP contribution in [-0.4, -0.2) is 26.2 Å². The summed E-state index contributed by atoms with van der Waals surface area (Å²) < 4.78 is 38.7. The quantitative estimate of drug-likeness (QED) is 0.250. The highest BCUT2D eigenvalue weighted by Crippen LogP contribution is 2.31. The van der Waals surface area contributed by atoms with Gasteiger partial charge in [-0.05, 0) is 61.4 Å². The van der Waals surface area contributed by atoms with Crippen LogP contribution in [0.4, 0.5) is 30.5 Å². The number of hydrogen-bond acceptors (Lipinski definition) is 7. The maximum atomic E-state index is 12.9. The summed E-state index contributed by atoms with van der Waals surface area (Å²) in [5.74, 6) is 0.333. The van der Waals surface area contributed by atoms with Crippen LogP contribution in [0.3, 0.4) is 0 Å². The van der Waals surface area contributed by atoms with Crippen LogP contribution in [0.25, 0.3) is 11.3 Å². The second-order valence-electron chi connectivity index (χ2n) is 7.66. The van der Waals surface area contributed by atoms with Gasteiger partial charge in [-0.1, -0.05) is 13.0 Å². The van der Waals surface area contributed by atoms with Crippen molar-refractivity contribution in [1.82, 2.24) is 19.9 Å². The van der Waals surface area contributed by atoms with E-state index in [2.05, 4.69) is 35.8 Å². The molecule has 4 aromatic rings. The van der Waals surface area contributed by atoms with E-state index < -0.39 is 11.7 Å². The Bertz CT molecular complexity index is 1340. The minimum atomic E-state index is -4.40. The summed E-state index contributed by atoms with van der Waals surface area (Å²) in [6.45, 7) is 3.98. The van der Waals surface area contributed by atoms with Crippen molar-refractivity contribution in [1.29, 1.82) is 0 Å². The highest BCUT2D eigenvalue weighted by molar-refractivity contribution is 5.78. The minimum Gasteiger partial charge on any atom is -0.354 e. The molecule has 0 aliphatic rings. The number of nitrogens with one attached hydrogen (secondary N) is 2. The molecule has 4 rings (SSSR count). The molecule has 178 valence electrons. The number of hydrogen-bond donors (Lipinski definition) is 2. The van der Waals surface area contributed by atoms with Crippen LogP contribution in [0.1, 0.15) is 29.4 Å². The Morgan fingerprint density at radius 1 is 0.971 bits per heavy atom. The van der Waals surface area contributed by atoms with Gasteiger partial charge in [0.2, 0.25) is 5.95 Å². The summed E-state index contributed by atoms with van der Waals surface area (Å²) in [6.07, 6.45) is 2.92. The summed E-state index contributed by atoms with van der Waals surface area (Å²) in [6, 6.07) is 12.3. The highest BCUT2D eigenvalue weighted by Gasteiger charge is 2.30. The maximum Gasteiger partial charge on any atom is 0.416 e. The number of aromatic nitrogens is 4. The van der Waals surface area contributed by atoms with E-state index in [1.54, 1.807) is 30.6 Å². The van der Waals surface area contributed by atoms with Gasteiger partial charge in [-0.2, -0.15) is 18.3 Å². The van der Waals surface area contributed by atoms with Crippen molar-refractivity contribution in [2.24, 2.45) is 5.10 Å². The number of alkyl halides is 3. The smallest absolute Gasteiger partial charge is 0.354 e. The predicted molar refractivity (Wildman–Crippen MR) is 130 cm³/mol. The van der Waals surface area contributed by atoms with E-state index in [0.29, 0.717) is 23.0 Å². The molecule has 0 bridgehead atoms. The monoisotopic (exact) mass is 477 g/mol. The topological polar surface area (TPSA) is 88.0 Å². The number of pyridine rings is 2. The van der Waals surface area contributed by atoms with Crippen LogP contribution in [0.5, 0.6) is 0 Å². The molecule has 0 fully saturated rings. The van der Waals surface area contributed by atoms with E-state index in [9.17, 15) is 13.2 Å². The summed E-state index contributed by atoms with van der Waals surface area (Å²) in [7, 11) is 0. The van der Waals surface area contributed by atoms with Crippen molar-refractivity contribution < 1.29 is 13.2 Å². The number of rotatable bonds is 7. The molecule has 2 N–H and O–H groups in total. The van der Waals surface area contributed by atoms with Gasteiger partial charge < -0.3 is 5.32 Å². The molecule has 3 heterocycles. The van der Waals surface area contributed by atoms with Crippen molar-refractivity contribution in [3.8, 4) is 11.3 Å². The molecule has 1 aromatic carbocycles. The lowest BCUT2D eigenvalue weighted by molar-refractivity contribution is -0.137. The molecule has 3 aromatic heterocycles. The normalized spacial score (nSPS) is 11.6. The van der Waals surface area contributed by atoms with Gasteiger partial charge >= 0.3 is 6.18 Å². The standard InChI is InChI=1S/C25H22F3N7/c1-3-19-11-17(9-10-29-19)23-16(2)13-31-24(34-23)35-32-15-21-7-8-22(14-30-21)33-20-6-4-5-18(12-20)25(26,27)28/h4-15,33H,3H2,1-2H3,(H,31,34,35)/b32-15+. The van der Waals surface area contributed by atoms with Gasteiger partial charge in [0, 0.05) is 29.3 Å². The van der Waals surface area contributed by atoms with Crippen LogP contribution in [0.2, 0.25) is 0 Å². The van der Waals surface area contributed by atoms with Crippen LogP contribution in [0.15, 0.2) is 72.2 Å². The first-order valence-electron chi connectivity index (χ1n) is 10.8. The van der Waals surface area contributed by atoms with E-state index in [0.717, 1.165) is 41.1 Å². The van der Waals surface area contributed by atoms with E-state index in [1.165, 1.54) is 18.5 Å². The Kier molecular flexibility index (Phi) is 7.00. The lowest BCUT2D eigenvalue weighted by Gasteiger charge is -2.10. The lowest BCUT2D eigenvalue weighted by Crippen LogP contribution is -2.05. The molecule has 0 saturated carbocycles. The van der Waals surface area contributed by atoms with Crippen LogP contribution >= 0.6 is 0 Å². The van der Waals surface area contributed by atoms with E-state index in [1.807, 2.05) is 26.0 Å². The van der Waals surface area contributed by atoms with Gasteiger partial charge in [0.15, 0.2) is 0 Å². The van der Waals surface area contributed by atoms with Gasteiger partial charge in [0.1, 0.15) is 0 Å². The third-order valence-corrected chi connectivity index (χ3v) is 5.05. The molecule has 0 atom stereocenters. The Hall–Kier alpha value is -4.34. The van der Waals surface area contributed by atoms with E-state index in [4.69, 9.17) is 0 Å². The Morgan fingerprint density at radius 2 is 1.83 bits per heavy atom. The first kappa shape index (κ1) is 23.8. The van der Waals surface area contributed by atoms with Crippen molar-refractivity contribution in [2.75, 3.05) is 10.7 Å². The maximum absolute atomic E-state index is 12.9. The van der Waals surface area contributed by atoms with Crippen molar-refractivity contribution in [3.05, 3.63) is 89.6 Å². The van der Waals surface area contributed by atoms with Gasteiger partial charge in [0.25, 0.3) is 0 Å². The zero-order valence-electron chi connectivity index (χ0n) is 19.0. The van der Waals surface area contributed by atoms with E-state index in [-0.39, 0.29) is 0 Å². The number of halogens is 3. The molecule has 10 heteroatoms. The van der Waals surface area contributed by atoms with Gasteiger partial charge in [-0.15, -0.1) is 0 Å². The highest BCUT2D eigenvalue weighted by atomic mass is 19.4. The zero-order chi connectivity index (χ0) is 24.8. The molecular formula is C25H22F3N7. The van der Waals surface area contributed by atoms with Crippen LogP contribution in [0, 0.1) is 6.92 Å². The van der Waals surface area contributed by atoms with Gasteiger partial charge in [-0.3, -0.25) is 9.97 Å². The minimum absolute atomic E-state index is 0.317. The van der Waals surface area contributed by atoms with Crippen molar-refractivity contribution in [3.63, 3.8) is 0 Å². The Balaban J connectivity index is 1.41. The Morgan fingerprint density at radius 3 is 2.57 bits per heavy atom. The molecule has 35 heavy (non-hydrogen) atoms. The second-order valence-corrected chi connectivity index (χ2v) is 7.66. The molecule has 0 aliphatic heterocycles. The van der Waals surface area contributed by atoms with Gasteiger partial charge in [0.05, 0.1) is 35.1 Å². The lowest BCUT2D eigenvalue weighted by atomic mass is 10.1. The largest absolute Gasteiger partial charge is 0.416 e. The number of benzene rings is 1. The van der Waals surface area contributed by atoms with Crippen molar-refractivity contribution >= 4 is 23.5 Å². The fraction of sp³-hybridized carbons (Fsp3) is 0.160. The molecule has 7 nitrogen and oxygen atoms in total. The number of anilines is 3. The van der Waals surface area contributed by atoms with E-state index >= 15 is 0 Å².